The molecular weight excluding hydrogens is 296 g/mol. The van der Waals surface area contributed by atoms with Crippen LogP contribution < -0.4 is 0 Å². The maximum atomic E-state index is 13.4. The second kappa shape index (κ2) is 5.94. The number of nitrogens with zero attached hydrogens (tertiary/aromatic N) is 4. The molecule has 0 aromatic carbocycles. The molecule has 1 atom stereocenters. The Morgan fingerprint density at radius 3 is 2.33 bits per heavy atom. The second-order valence-electron chi connectivity index (χ2n) is 5.89. The molecule has 0 aliphatic rings. The monoisotopic (exact) mass is 312 g/mol. The van der Waals surface area contributed by atoms with E-state index in [4.69, 9.17) is 5.11 Å². The highest BCUT2D eigenvalue weighted by atomic mass is 19.3. The van der Waals surface area contributed by atoms with Crippen LogP contribution >= 0.6 is 0 Å². The Morgan fingerprint density at radius 1 is 1.33 bits per heavy atom. The maximum absolute atomic E-state index is 13.4. The number of halogens is 4. The molecule has 1 aromatic heterocycles. The zero-order chi connectivity index (χ0) is 16.4. The molecule has 1 aromatic rings. The van der Waals surface area contributed by atoms with Crippen molar-refractivity contribution in [2.24, 2.45) is 5.41 Å². The third kappa shape index (κ3) is 4.36. The topological polar surface area (TPSA) is 80.9 Å². The van der Waals surface area contributed by atoms with Crippen molar-refractivity contribution in [3.05, 3.63) is 5.82 Å². The molecule has 6 nitrogen and oxygen atoms in total. The van der Waals surface area contributed by atoms with E-state index in [-0.39, 0.29) is 6.42 Å². The van der Waals surface area contributed by atoms with Gasteiger partial charge in [-0.1, -0.05) is 20.8 Å². The van der Waals surface area contributed by atoms with Gasteiger partial charge in [0.05, 0.1) is 12.5 Å². The maximum Gasteiger partial charge on any atom is 0.367 e. The Kier molecular flexibility index (Phi) is 4.90. The summed E-state index contributed by atoms with van der Waals surface area (Å²) in [6.45, 7) is 5.28. The third-order valence-electron chi connectivity index (χ3n) is 2.67. The lowest BCUT2D eigenvalue weighted by Crippen LogP contribution is -2.31. The first-order valence-corrected chi connectivity index (χ1v) is 6.11. The van der Waals surface area contributed by atoms with E-state index in [1.807, 2.05) is 0 Å². The van der Waals surface area contributed by atoms with Gasteiger partial charge in [0.2, 0.25) is 5.82 Å². The lowest BCUT2D eigenvalue weighted by atomic mass is 9.87. The van der Waals surface area contributed by atoms with Gasteiger partial charge in [0.1, 0.15) is 0 Å². The van der Waals surface area contributed by atoms with Crippen LogP contribution in [0.15, 0.2) is 0 Å². The minimum absolute atomic E-state index is 0.136. The van der Waals surface area contributed by atoms with Crippen molar-refractivity contribution in [2.75, 3.05) is 0 Å². The van der Waals surface area contributed by atoms with E-state index in [0.717, 1.165) is 0 Å². The molecule has 0 saturated carbocycles. The summed E-state index contributed by atoms with van der Waals surface area (Å²) in [5, 5.41) is 18.1. The number of carbonyl (C=O) groups is 1. The van der Waals surface area contributed by atoms with Crippen molar-refractivity contribution in [3.8, 4) is 0 Å². The van der Waals surface area contributed by atoms with Crippen LogP contribution in [-0.4, -0.2) is 37.7 Å². The Hall–Kier alpha value is -1.74. The summed E-state index contributed by atoms with van der Waals surface area (Å²) in [4.78, 5) is 10.9. The van der Waals surface area contributed by atoms with E-state index < -0.39 is 42.0 Å². The molecule has 0 aliphatic heterocycles. The molecule has 10 heteroatoms. The first-order valence-electron chi connectivity index (χ1n) is 6.11. The van der Waals surface area contributed by atoms with Crippen LogP contribution in [0.5, 0.6) is 0 Å². The molecule has 0 spiro atoms. The SMILES string of the molecule is CC(C)(C)CC(CC(=O)O)n1nnnc1C(F)(F)C(F)F. The van der Waals surface area contributed by atoms with Crippen LogP contribution in [0.2, 0.25) is 0 Å². The third-order valence-corrected chi connectivity index (χ3v) is 2.67. The fourth-order valence-corrected chi connectivity index (χ4v) is 1.91. The van der Waals surface area contributed by atoms with E-state index in [0.29, 0.717) is 4.68 Å². The molecule has 120 valence electrons. The van der Waals surface area contributed by atoms with E-state index in [9.17, 15) is 22.4 Å². The minimum Gasteiger partial charge on any atom is -0.481 e. The summed E-state index contributed by atoms with van der Waals surface area (Å²) in [6, 6.07) is -1.04. The van der Waals surface area contributed by atoms with E-state index in [2.05, 4.69) is 15.5 Å². The van der Waals surface area contributed by atoms with Gasteiger partial charge in [0.25, 0.3) is 0 Å². The first-order chi connectivity index (χ1) is 9.45. The number of alkyl halides is 4. The van der Waals surface area contributed by atoms with Gasteiger partial charge in [-0.05, 0) is 22.3 Å². The van der Waals surface area contributed by atoms with Gasteiger partial charge >= 0.3 is 18.3 Å². The van der Waals surface area contributed by atoms with Crippen LogP contribution in [0.1, 0.15) is 45.5 Å². The number of rotatable bonds is 6. The van der Waals surface area contributed by atoms with Crippen LogP contribution in [0.4, 0.5) is 17.6 Å². The predicted octanol–water partition coefficient (Wildman–Crippen LogP) is 2.48. The smallest absolute Gasteiger partial charge is 0.367 e. The number of hydrogen-bond donors (Lipinski definition) is 1. The summed E-state index contributed by atoms with van der Waals surface area (Å²) in [5.74, 6) is -7.13. The van der Waals surface area contributed by atoms with Gasteiger partial charge in [0.15, 0.2) is 0 Å². The Labute approximate surface area is 118 Å². The molecule has 0 saturated heterocycles. The molecule has 1 unspecified atom stereocenters. The van der Waals surface area contributed by atoms with Crippen LogP contribution in [0, 0.1) is 5.41 Å². The minimum atomic E-state index is -4.54. The average Bonchev–Trinajstić information content (AvgIpc) is 2.74. The summed E-state index contributed by atoms with van der Waals surface area (Å²) < 4.78 is 52.3. The summed E-state index contributed by atoms with van der Waals surface area (Å²) in [7, 11) is 0. The molecule has 0 bridgehead atoms. The first kappa shape index (κ1) is 17.3. The van der Waals surface area contributed by atoms with Gasteiger partial charge in [-0.15, -0.1) is 5.10 Å². The van der Waals surface area contributed by atoms with Crippen molar-refractivity contribution >= 4 is 5.97 Å². The number of aromatic nitrogens is 4. The molecule has 1 rings (SSSR count). The lowest BCUT2D eigenvalue weighted by molar-refractivity contribution is -0.145. The quantitative estimate of drug-likeness (QED) is 0.816. The van der Waals surface area contributed by atoms with Crippen molar-refractivity contribution < 1.29 is 27.5 Å². The summed E-state index contributed by atoms with van der Waals surface area (Å²) in [5.41, 5.74) is -0.427. The number of carboxylic acids is 1. The molecule has 1 heterocycles. The van der Waals surface area contributed by atoms with Gasteiger partial charge in [-0.25, -0.2) is 13.5 Å². The Balaban J connectivity index is 3.21. The predicted molar refractivity (Wildman–Crippen MR) is 63.1 cm³/mol. The highest BCUT2D eigenvalue weighted by Gasteiger charge is 2.49. The van der Waals surface area contributed by atoms with Crippen molar-refractivity contribution in [3.63, 3.8) is 0 Å². The highest BCUT2D eigenvalue weighted by molar-refractivity contribution is 5.67. The normalized spacial score (nSPS) is 14.5. The Bertz CT molecular complexity index is 499. The van der Waals surface area contributed by atoms with E-state index >= 15 is 0 Å². The van der Waals surface area contributed by atoms with Crippen molar-refractivity contribution in [2.45, 2.75) is 52.0 Å². The largest absolute Gasteiger partial charge is 0.481 e. The molecular formula is C11H16F4N4O2. The fourth-order valence-electron chi connectivity index (χ4n) is 1.91. The van der Waals surface area contributed by atoms with Crippen LogP contribution in [-0.2, 0) is 10.7 Å². The van der Waals surface area contributed by atoms with Crippen molar-refractivity contribution in [1.82, 2.24) is 20.2 Å². The van der Waals surface area contributed by atoms with Gasteiger partial charge in [-0.2, -0.15) is 8.78 Å². The fraction of sp³-hybridized carbons (Fsp3) is 0.818. The van der Waals surface area contributed by atoms with Crippen molar-refractivity contribution in [1.29, 1.82) is 0 Å². The average molecular weight is 312 g/mol. The zero-order valence-corrected chi connectivity index (χ0v) is 11.7. The summed E-state index contributed by atoms with van der Waals surface area (Å²) >= 11 is 0. The molecule has 1 N–H and O–H groups in total. The molecule has 0 amide bonds. The number of carboxylic acid groups (broad SMARTS) is 1. The van der Waals surface area contributed by atoms with Gasteiger partial charge in [-0.3, -0.25) is 4.79 Å². The molecule has 21 heavy (non-hydrogen) atoms. The van der Waals surface area contributed by atoms with Crippen LogP contribution in [0.25, 0.3) is 0 Å². The zero-order valence-electron chi connectivity index (χ0n) is 11.7. The highest BCUT2D eigenvalue weighted by Crippen LogP contribution is 2.36. The summed E-state index contributed by atoms with van der Waals surface area (Å²) in [6.07, 6.45) is -4.40. The molecule has 0 aliphatic carbocycles. The number of aliphatic carboxylic acids is 1. The van der Waals surface area contributed by atoms with E-state index in [1.54, 1.807) is 20.8 Å². The van der Waals surface area contributed by atoms with Crippen LogP contribution in [0.3, 0.4) is 0 Å². The number of tetrazole rings is 1. The second-order valence-corrected chi connectivity index (χ2v) is 5.89. The number of hydrogen-bond acceptors (Lipinski definition) is 4. The van der Waals surface area contributed by atoms with Gasteiger partial charge in [0, 0.05) is 0 Å². The standard InChI is InChI=1S/C11H16F4N4O2/c1-10(2,3)5-6(4-7(20)21)19-9(16-17-18-19)11(14,15)8(12)13/h6,8H,4-5H2,1-3H3,(H,20,21). The Morgan fingerprint density at radius 2 is 1.90 bits per heavy atom. The lowest BCUT2D eigenvalue weighted by Gasteiger charge is -2.26. The molecule has 0 fully saturated rings. The molecule has 0 radical (unpaired) electrons. The van der Waals surface area contributed by atoms with Gasteiger partial charge < -0.3 is 5.11 Å². The van der Waals surface area contributed by atoms with E-state index in [1.165, 1.54) is 0 Å².